The van der Waals surface area contributed by atoms with Gasteiger partial charge in [-0.05, 0) is 34.1 Å². The van der Waals surface area contributed by atoms with E-state index in [9.17, 15) is 13.2 Å². The van der Waals surface area contributed by atoms with Crippen LogP contribution in [0.2, 0.25) is 0 Å². The summed E-state index contributed by atoms with van der Waals surface area (Å²) in [6, 6.07) is 4.22. The number of hydrogen-bond donors (Lipinski definition) is 1. The van der Waals surface area contributed by atoms with Crippen molar-refractivity contribution in [2.75, 3.05) is 20.7 Å². The van der Waals surface area contributed by atoms with E-state index < -0.39 is 22.5 Å². The van der Waals surface area contributed by atoms with E-state index in [1.807, 2.05) is 0 Å². The van der Waals surface area contributed by atoms with Crippen molar-refractivity contribution < 1.29 is 23.1 Å². The van der Waals surface area contributed by atoms with E-state index in [0.29, 0.717) is 10.2 Å². The van der Waals surface area contributed by atoms with Crippen LogP contribution in [0, 0.1) is 0 Å². The van der Waals surface area contributed by atoms with E-state index in [1.54, 1.807) is 0 Å². The van der Waals surface area contributed by atoms with Gasteiger partial charge in [0.1, 0.15) is 12.3 Å². The van der Waals surface area contributed by atoms with Gasteiger partial charge in [0.25, 0.3) is 0 Å². The molecule has 0 atom stereocenters. The van der Waals surface area contributed by atoms with Crippen LogP contribution in [0.1, 0.15) is 0 Å². The molecule has 1 rings (SSSR count). The molecule has 100 valence electrons. The maximum Gasteiger partial charge on any atom is 0.318 e. The summed E-state index contributed by atoms with van der Waals surface area (Å²) in [4.78, 5) is 10.5. The Morgan fingerprint density at radius 3 is 2.56 bits per heavy atom. The van der Waals surface area contributed by atoms with Crippen molar-refractivity contribution in [3.8, 4) is 5.75 Å². The Labute approximate surface area is 113 Å². The van der Waals surface area contributed by atoms with Gasteiger partial charge >= 0.3 is 5.97 Å². The number of rotatable bonds is 5. The van der Waals surface area contributed by atoms with Gasteiger partial charge in [0, 0.05) is 7.05 Å². The molecule has 0 fully saturated rings. The first-order valence-electron chi connectivity index (χ1n) is 4.80. The summed E-state index contributed by atoms with van der Waals surface area (Å²) in [5.74, 6) is -0.719. The van der Waals surface area contributed by atoms with Crippen molar-refractivity contribution in [1.29, 1.82) is 0 Å². The number of carboxylic acid groups (broad SMARTS) is 1. The number of benzene rings is 1. The highest BCUT2D eigenvalue weighted by molar-refractivity contribution is 9.10. The Kier molecular flexibility index (Phi) is 4.71. The fourth-order valence-electron chi connectivity index (χ4n) is 1.26. The molecule has 0 radical (unpaired) electrons. The Balaban J connectivity index is 3.13. The zero-order valence-corrected chi connectivity index (χ0v) is 12.2. The number of hydrogen-bond acceptors (Lipinski definition) is 4. The second-order valence-corrected chi connectivity index (χ2v) is 6.35. The minimum atomic E-state index is -3.81. The lowest BCUT2D eigenvalue weighted by Crippen LogP contribution is -2.32. The van der Waals surface area contributed by atoms with Crippen molar-refractivity contribution >= 4 is 31.9 Å². The van der Waals surface area contributed by atoms with E-state index in [-0.39, 0.29) is 4.90 Å². The standard InChI is InChI=1S/C10H12BrNO5S/c1-12(6-10(13)14)18(15,16)7-3-4-9(17-2)8(11)5-7/h3-5H,6H2,1-2H3,(H,13,14). The van der Waals surface area contributed by atoms with Crippen LogP contribution in [0.3, 0.4) is 0 Å². The molecule has 0 heterocycles. The highest BCUT2D eigenvalue weighted by Gasteiger charge is 2.23. The van der Waals surface area contributed by atoms with Gasteiger partial charge in [-0.15, -0.1) is 0 Å². The molecule has 0 unspecified atom stereocenters. The molecular weight excluding hydrogens is 326 g/mol. The molecule has 0 spiro atoms. The van der Waals surface area contributed by atoms with Gasteiger partial charge in [-0.1, -0.05) is 0 Å². The Bertz CT molecular complexity index is 557. The van der Waals surface area contributed by atoms with Crippen molar-refractivity contribution in [3.63, 3.8) is 0 Å². The fourth-order valence-corrected chi connectivity index (χ4v) is 3.10. The third-order valence-electron chi connectivity index (χ3n) is 2.19. The molecule has 8 heteroatoms. The highest BCUT2D eigenvalue weighted by Crippen LogP contribution is 2.28. The Morgan fingerprint density at radius 1 is 1.50 bits per heavy atom. The minimum Gasteiger partial charge on any atom is -0.496 e. The number of sulfonamides is 1. The van der Waals surface area contributed by atoms with Crippen LogP contribution in [0.5, 0.6) is 5.75 Å². The minimum absolute atomic E-state index is 0.000995. The van der Waals surface area contributed by atoms with Crippen LogP contribution < -0.4 is 4.74 Å². The molecule has 6 nitrogen and oxygen atoms in total. The van der Waals surface area contributed by atoms with E-state index in [1.165, 1.54) is 32.4 Å². The summed E-state index contributed by atoms with van der Waals surface area (Å²) >= 11 is 3.18. The lowest BCUT2D eigenvalue weighted by molar-refractivity contribution is -0.137. The zero-order chi connectivity index (χ0) is 13.9. The lowest BCUT2D eigenvalue weighted by Gasteiger charge is -2.15. The van der Waals surface area contributed by atoms with Gasteiger partial charge in [-0.3, -0.25) is 4.79 Å². The quantitative estimate of drug-likeness (QED) is 0.871. The molecule has 1 aromatic carbocycles. The molecule has 18 heavy (non-hydrogen) atoms. The monoisotopic (exact) mass is 337 g/mol. The van der Waals surface area contributed by atoms with Crippen LogP contribution in [-0.4, -0.2) is 44.5 Å². The van der Waals surface area contributed by atoms with Gasteiger partial charge < -0.3 is 9.84 Å². The third-order valence-corrected chi connectivity index (χ3v) is 4.61. The molecule has 1 aromatic rings. The van der Waals surface area contributed by atoms with Gasteiger partial charge in [0.05, 0.1) is 16.5 Å². The first-order chi connectivity index (χ1) is 8.28. The normalized spacial score (nSPS) is 11.6. The van der Waals surface area contributed by atoms with E-state index in [2.05, 4.69) is 15.9 Å². The second-order valence-electron chi connectivity index (χ2n) is 3.45. The zero-order valence-electron chi connectivity index (χ0n) is 9.75. The van der Waals surface area contributed by atoms with Gasteiger partial charge in [-0.25, -0.2) is 8.42 Å². The van der Waals surface area contributed by atoms with Gasteiger partial charge in [0.15, 0.2) is 0 Å². The molecule has 1 N–H and O–H groups in total. The molecule has 0 aliphatic rings. The van der Waals surface area contributed by atoms with E-state index in [4.69, 9.17) is 9.84 Å². The van der Waals surface area contributed by atoms with Crippen LogP contribution >= 0.6 is 15.9 Å². The molecule has 0 aromatic heterocycles. The van der Waals surface area contributed by atoms with Crippen molar-refractivity contribution in [3.05, 3.63) is 22.7 Å². The molecule has 0 saturated heterocycles. The number of likely N-dealkylation sites (N-methyl/N-ethyl adjacent to an activating group) is 1. The van der Waals surface area contributed by atoms with E-state index in [0.717, 1.165) is 4.31 Å². The molecule has 0 saturated carbocycles. The number of aliphatic carboxylic acids is 1. The number of carboxylic acids is 1. The smallest absolute Gasteiger partial charge is 0.318 e. The molecule has 0 bridgehead atoms. The summed E-state index contributed by atoms with van der Waals surface area (Å²) < 4.78 is 30.3. The predicted octanol–water partition coefficient (Wildman–Crippen LogP) is 1.16. The summed E-state index contributed by atoms with van der Waals surface area (Å²) in [6.07, 6.45) is 0. The fraction of sp³-hybridized carbons (Fsp3) is 0.300. The van der Waals surface area contributed by atoms with Crippen molar-refractivity contribution in [2.24, 2.45) is 0 Å². The summed E-state index contributed by atoms with van der Waals surface area (Å²) in [5, 5.41) is 8.60. The SMILES string of the molecule is COc1ccc(S(=O)(=O)N(C)CC(=O)O)cc1Br. The number of nitrogens with zero attached hydrogens (tertiary/aromatic N) is 1. The molecule has 0 aliphatic heterocycles. The number of halogens is 1. The first kappa shape index (κ1) is 14.9. The average Bonchev–Trinajstić information content (AvgIpc) is 2.27. The molecule has 0 amide bonds. The van der Waals surface area contributed by atoms with Crippen molar-refractivity contribution in [2.45, 2.75) is 4.90 Å². The molecular formula is C10H12BrNO5S. The van der Waals surface area contributed by atoms with E-state index >= 15 is 0 Å². The number of methoxy groups -OCH3 is 1. The Morgan fingerprint density at radius 2 is 2.11 bits per heavy atom. The predicted molar refractivity (Wildman–Crippen MR) is 68.1 cm³/mol. The van der Waals surface area contributed by atoms with Crippen LogP contribution in [0.25, 0.3) is 0 Å². The summed E-state index contributed by atoms with van der Waals surface area (Å²) in [5.41, 5.74) is 0. The topological polar surface area (TPSA) is 83.9 Å². The lowest BCUT2D eigenvalue weighted by atomic mass is 10.3. The Hall–Kier alpha value is -1.12. The van der Waals surface area contributed by atoms with Crippen molar-refractivity contribution in [1.82, 2.24) is 4.31 Å². The average molecular weight is 338 g/mol. The van der Waals surface area contributed by atoms with Crippen LogP contribution in [0.4, 0.5) is 0 Å². The summed E-state index contributed by atoms with van der Waals surface area (Å²) in [7, 11) is -1.14. The van der Waals surface area contributed by atoms with Crippen LogP contribution in [0.15, 0.2) is 27.6 Å². The number of carbonyl (C=O) groups is 1. The molecule has 0 aliphatic carbocycles. The maximum atomic E-state index is 12.0. The van der Waals surface area contributed by atoms with Gasteiger partial charge in [-0.2, -0.15) is 4.31 Å². The maximum absolute atomic E-state index is 12.0. The third kappa shape index (κ3) is 3.21. The summed E-state index contributed by atoms with van der Waals surface area (Å²) in [6.45, 7) is -0.591. The number of ether oxygens (including phenoxy) is 1. The second kappa shape index (κ2) is 5.68. The van der Waals surface area contributed by atoms with Gasteiger partial charge in [0.2, 0.25) is 10.0 Å². The highest BCUT2D eigenvalue weighted by atomic mass is 79.9. The largest absolute Gasteiger partial charge is 0.496 e. The first-order valence-corrected chi connectivity index (χ1v) is 7.04. The van der Waals surface area contributed by atoms with Crippen LogP contribution in [-0.2, 0) is 14.8 Å².